The van der Waals surface area contributed by atoms with Crippen LogP contribution in [0.5, 0.6) is 0 Å². The molecule has 1 heterocycles. The van der Waals surface area contributed by atoms with Crippen LogP contribution in [-0.4, -0.2) is 29.4 Å². The molecule has 0 N–H and O–H groups in total. The summed E-state index contributed by atoms with van der Waals surface area (Å²) in [6.07, 6.45) is 4.01. The molecule has 1 saturated heterocycles. The van der Waals surface area contributed by atoms with Crippen LogP contribution in [0.4, 0.5) is 0 Å². The number of hydrogen-bond acceptors (Lipinski definition) is 3. The Kier molecular flexibility index (Phi) is 7.88. The molecule has 0 spiro atoms. The number of nitrogens with zero attached hydrogens (tertiary/aromatic N) is 1. The molecular weight excluding hydrogens is 458 g/mol. The summed E-state index contributed by atoms with van der Waals surface area (Å²) in [5, 5.41) is 4.24. The number of benzene rings is 4. The van der Waals surface area contributed by atoms with E-state index in [4.69, 9.17) is 4.74 Å². The van der Waals surface area contributed by atoms with Crippen LogP contribution in [0.25, 0.3) is 21.5 Å². The fourth-order valence-electron chi connectivity index (χ4n) is 5.35. The van der Waals surface area contributed by atoms with E-state index in [9.17, 15) is 9.59 Å². The lowest BCUT2D eigenvalue weighted by atomic mass is 9.77. The van der Waals surface area contributed by atoms with E-state index in [2.05, 4.69) is 37.4 Å². The summed E-state index contributed by atoms with van der Waals surface area (Å²) in [6, 6.07) is 28.0. The number of fused-ring (bicyclic) bond motifs is 2. The molecule has 37 heavy (non-hydrogen) atoms. The molecule has 1 aliphatic heterocycles. The minimum atomic E-state index is -1.23. The Morgan fingerprint density at radius 1 is 0.811 bits per heavy atom. The maximum Gasteiger partial charge on any atom is 0.331 e. The third-order valence-electron chi connectivity index (χ3n) is 6.96. The molecule has 4 aromatic carbocycles. The van der Waals surface area contributed by atoms with E-state index in [1.165, 1.54) is 12.2 Å². The maximum absolute atomic E-state index is 13.0. The Hall–Kier alpha value is -4.18. The van der Waals surface area contributed by atoms with Gasteiger partial charge in [0.15, 0.2) is 5.60 Å². The van der Waals surface area contributed by atoms with Crippen molar-refractivity contribution in [3.8, 4) is 0 Å². The SMILES string of the molecule is C=CC(=O)OC(c1ccc2ccccc2c1)(c1ccc2ccccc2c1)[C@@H]1CCCN1C(=O)C=C.CC. The van der Waals surface area contributed by atoms with Gasteiger partial charge in [0.1, 0.15) is 0 Å². The van der Waals surface area contributed by atoms with E-state index in [0.717, 1.165) is 39.1 Å². The van der Waals surface area contributed by atoms with E-state index in [1.807, 2.05) is 74.5 Å². The van der Waals surface area contributed by atoms with Crippen molar-refractivity contribution in [2.45, 2.75) is 38.3 Å². The highest BCUT2D eigenvalue weighted by molar-refractivity contribution is 5.89. The van der Waals surface area contributed by atoms with Gasteiger partial charge in [-0.25, -0.2) is 4.79 Å². The van der Waals surface area contributed by atoms with Crippen LogP contribution in [0.3, 0.4) is 0 Å². The number of carbonyl (C=O) groups excluding carboxylic acids is 2. The molecule has 0 unspecified atom stereocenters. The van der Waals surface area contributed by atoms with Crippen LogP contribution in [0.15, 0.2) is 110 Å². The summed E-state index contributed by atoms with van der Waals surface area (Å²) in [4.78, 5) is 27.7. The summed E-state index contributed by atoms with van der Waals surface area (Å²) in [6.45, 7) is 11.9. The molecule has 188 valence electrons. The summed E-state index contributed by atoms with van der Waals surface area (Å²) in [7, 11) is 0. The molecule has 1 atom stereocenters. The third kappa shape index (κ3) is 4.79. The topological polar surface area (TPSA) is 46.6 Å². The van der Waals surface area contributed by atoms with E-state index in [0.29, 0.717) is 13.0 Å². The molecule has 1 amide bonds. The van der Waals surface area contributed by atoms with E-state index in [-0.39, 0.29) is 5.91 Å². The number of rotatable bonds is 6. The smallest absolute Gasteiger partial charge is 0.331 e. The number of hydrogen-bond donors (Lipinski definition) is 0. The second-order valence-electron chi connectivity index (χ2n) is 8.88. The van der Waals surface area contributed by atoms with Crippen LogP contribution in [0, 0.1) is 0 Å². The zero-order valence-corrected chi connectivity index (χ0v) is 21.5. The highest BCUT2D eigenvalue weighted by Gasteiger charge is 2.51. The molecule has 1 aliphatic rings. The predicted octanol–water partition coefficient (Wildman–Crippen LogP) is 7.17. The molecule has 5 rings (SSSR count). The van der Waals surface area contributed by atoms with Gasteiger partial charge in [0.2, 0.25) is 5.91 Å². The van der Waals surface area contributed by atoms with Gasteiger partial charge in [-0.3, -0.25) is 4.79 Å². The second-order valence-corrected chi connectivity index (χ2v) is 8.88. The van der Waals surface area contributed by atoms with Crippen molar-refractivity contribution in [3.63, 3.8) is 0 Å². The van der Waals surface area contributed by atoms with Gasteiger partial charge in [-0.1, -0.05) is 99.8 Å². The van der Waals surface area contributed by atoms with Crippen molar-refractivity contribution in [3.05, 3.63) is 121 Å². The zero-order valence-electron chi connectivity index (χ0n) is 21.5. The van der Waals surface area contributed by atoms with Gasteiger partial charge < -0.3 is 9.64 Å². The fraction of sp³-hybridized carbons (Fsp3) is 0.212. The Morgan fingerprint density at radius 2 is 1.32 bits per heavy atom. The summed E-state index contributed by atoms with van der Waals surface area (Å²) in [5.74, 6) is -0.711. The normalized spacial score (nSPS) is 15.1. The van der Waals surface area contributed by atoms with E-state index < -0.39 is 17.6 Å². The van der Waals surface area contributed by atoms with Crippen molar-refractivity contribution in [1.29, 1.82) is 0 Å². The lowest BCUT2D eigenvalue weighted by molar-refractivity contribution is -0.159. The number of esters is 1. The van der Waals surface area contributed by atoms with Gasteiger partial charge in [0.25, 0.3) is 0 Å². The van der Waals surface area contributed by atoms with Crippen molar-refractivity contribution in [1.82, 2.24) is 4.90 Å². The first-order valence-corrected chi connectivity index (χ1v) is 12.8. The minimum absolute atomic E-state index is 0.173. The second kappa shape index (κ2) is 11.3. The number of amides is 1. The van der Waals surface area contributed by atoms with Crippen molar-refractivity contribution in [2.75, 3.05) is 6.54 Å². The van der Waals surface area contributed by atoms with Gasteiger partial charge in [-0.2, -0.15) is 0 Å². The van der Waals surface area contributed by atoms with Crippen LogP contribution in [0.2, 0.25) is 0 Å². The van der Waals surface area contributed by atoms with Gasteiger partial charge in [-0.15, -0.1) is 0 Å². The first kappa shape index (κ1) is 25.9. The van der Waals surface area contributed by atoms with Crippen molar-refractivity contribution >= 4 is 33.4 Å². The Labute approximate surface area is 218 Å². The number of likely N-dealkylation sites (tertiary alicyclic amines) is 1. The summed E-state index contributed by atoms with van der Waals surface area (Å²) >= 11 is 0. The molecule has 4 nitrogen and oxygen atoms in total. The lowest BCUT2D eigenvalue weighted by Gasteiger charge is -2.43. The Morgan fingerprint density at radius 3 is 1.81 bits per heavy atom. The molecule has 0 saturated carbocycles. The highest BCUT2D eigenvalue weighted by atomic mass is 16.6. The molecule has 4 heteroatoms. The molecule has 0 aromatic heterocycles. The quantitative estimate of drug-likeness (QED) is 0.212. The maximum atomic E-state index is 13.0. The van der Waals surface area contributed by atoms with E-state index >= 15 is 0 Å². The van der Waals surface area contributed by atoms with Crippen LogP contribution in [0.1, 0.15) is 37.8 Å². The minimum Gasteiger partial charge on any atom is -0.444 e. The third-order valence-corrected chi connectivity index (χ3v) is 6.96. The van der Waals surface area contributed by atoms with Gasteiger partial charge >= 0.3 is 5.97 Å². The summed E-state index contributed by atoms with van der Waals surface area (Å²) < 4.78 is 6.38. The van der Waals surface area contributed by atoms with Crippen molar-refractivity contribution in [2.24, 2.45) is 0 Å². The molecule has 0 radical (unpaired) electrons. The zero-order chi connectivity index (χ0) is 26.4. The van der Waals surface area contributed by atoms with E-state index in [1.54, 1.807) is 4.90 Å². The van der Waals surface area contributed by atoms with Gasteiger partial charge in [0.05, 0.1) is 6.04 Å². The number of carbonyl (C=O) groups is 2. The average Bonchev–Trinajstić information content (AvgIpc) is 3.46. The largest absolute Gasteiger partial charge is 0.444 e. The predicted molar refractivity (Wildman–Crippen MR) is 151 cm³/mol. The van der Waals surface area contributed by atoms with Gasteiger partial charge in [0, 0.05) is 23.7 Å². The molecule has 1 fully saturated rings. The van der Waals surface area contributed by atoms with Gasteiger partial charge in [-0.05, 0) is 52.6 Å². The van der Waals surface area contributed by atoms with Crippen LogP contribution < -0.4 is 0 Å². The van der Waals surface area contributed by atoms with Crippen LogP contribution in [-0.2, 0) is 19.9 Å². The molecule has 0 bridgehead atoms. The lowest BCUT2D eigenvalue weighted by Crippen LogP contribution is -2.52. The monoisotopic (exact) mass is 491 g/mol. The number of ether oxygens (including phenoxy) is 1. The summed E-state index contributed by atoms with van der Waals surface area (Å²) in [5.41, 5.74) is 0.403. The average molecular weight is 492 g/mol. The first-order valence-electron chi connectivity index (χ1n) is 12.8. The Bertz CT molecular complexity index is 1380. The highest BCUT2D eigenvalue weighted by Crippen LogP contribution is 2.45. The standard InChI is InChI=1S/C31H27NO3.C2H6/c1-3-29(33)32-19-9-14-28(32)31(35-30(34)4-2,26-17-15-22-10-5-7-12-24(22)20-26)27-18-16-23-11-6-8-13-25(23)21-27;1-2/h3-8,10-13,15-18,20-21,28H,1-2,9,14,19H2;1-2H3/t28-;/m0./s1. The molecular formula is C33H33NO3. The Balaban J connectivity index is 0.00000156. The van der Waals surface area contributed by atoms with Crippen LogP contribution >= 0.6 is 0 Å². The fourth-order valence-corrected chi connectivity index (χ4v) is 5.35. The first-order chi connectivity index (χ1) is 18.1. The molecule has 0 aliphatic carbocycles. The molecule has 4 aromatic rings. The van der Waals surface area contributed by atoms with Crippen molar-refractivity contribution < 1.29 is 14.3 Å².